The molecule has 1 aromatic rings. The Kier molecular flexibility index (Phi) is 5.14. The van der Waals surface area contributed by atoms with Crippen LogP contribution in [0.15, 0.2) is 11.2 Å². The molecular formula is C10H16N4O2S. The van der Waals surface area contributed by atoms with E-state index in [1.807, 2.05) is 0 Å². The number of hydrogen-bond donors (Lipinski definition) is 1. The fourth-order valence-electron chi connectivity index (χ4n) is 1.05. The van der Waals surface area contributed by atoms with E-state index in [2.05, 4.69) is 29.1 Å². The molecule has 1 rings (SSSR count). The summed E-state index contributed by atoms with van der Waals surface area (Å²) in [4.78, 5) is 18.3. The van der Waals surface area contributed by atoms with Gasteiger partial charge in [-0.1, -0.05) is 32.0 Å². The highest BCUT2D eigenvalue weighted by atomic mass is 32.2. The molecule has 0 aliphatic heterocycles. The lowest BCUT2D eigenvalue weighted by molar-refractivity contribution is -0.388. The summed E-state index contributed by atoms with van der Waals surface area (Å²) in [6.45, 7) is 4.21. The van der Waals surface area contributed by atoms with Crippen LogP contribution in [-0.2, 0) is 0 Å². The summed E-state index contributed by atoms with van der Waals surface area (Å²) in [6.07, 6.45) is 2.29. The van der Waals surface area contributed by atoms with Gasteiger partial charge in [-0.25, -0.2) is 4.98 Å². The van der Waals surface area contributed by atoms with Crippen LogP contribution in [0.4, 0.5) is 11.6 Å². The maximum absolute atomic E-state index is 10.8. The lowest BCUT2D eigenvalue weighted by atomic mass is 10.2. The van der Waals surface area contributed by atoms with E-state index in [4.69, 9.17) is 0 Å². The number of hydrogen-bond acceptors (Lipinski definition) is 6. The van der Waals surface area contributed by atoms with Gasteiger partial charge in [-0.3, -0.25) is 10.1 Å². The first-order valence-electron chi connectivity index (χ1n) is 5.40. The molecular weight excluding hydrogens is 240 g/mol. The molecule has 0 bridgehead atoms. The van der Waals surface area contributed by atoms with Gasteiger partial charge in [0.1, 0.15) is 6.20 Å². The molecule has 0 saturated heterocycles. The molecule has 0 aliphatic rings. The van der Waals surface area contributed by atoms with Crippen LogP contribution in [0.25, 0.3) is 0 Å². The lowest BCUT2D eigenvalue weighted by Gasteiger charge is -2.08. The maximum Gasteiger partial charge on any atom is 0.319 e. The highest BCUT2D eigenvalue weighted by Crippen LogP contribution is 2.29. The normalized spacial score (nSPS) is 12.2. The van der Waals surface area contributed by atoms with Crippen molar-refractivity contribution in [3.63, 3.8) is 0 Å². The van der Waals surface area contributed by atoms with Gasteiger partial charge in [0.25, 0.3) is 0 Å². The molecule has 0 fully saturated rings. The molecule has 0 radical (unpaired) electrons. The summed E-state index contributed by atoms with van der Waals surface area (Å²) in [5.41, 5.74) is -0.0303. The Hall–Kier alpha value is -1.37. The number of nitro groups is 1. The third kappa shape index (κ3) is 3.85. The number of anilines is 1. The second-order valence-corrected chi connectivity index (χ2v) is 4.72. The summed E-state index contributed by atoms with van der Waals surface area (Å²) < 4.78 is 0. The predicted molar refractivity (Wildman–Crippen MR) is 68.4 cm³/mol. The molecule has 17 heavy (non-hydrogen) atoms. The standard InChI is InChI=1S/C10H16N4O2S/c1-4-7(2)6-17-9-8(14(15)16)5-12-10(11-3)13-9/h5,7H,4,6H2,1-3H3,(H,11,12,13). The van der Waals surface area contributed by atoms with E-state index in [-0.39, 0.29) is 5.69 Å². The fourth-order valence-corrected chi connectivity index (χ4v) is 2.16. The van der Waals surface area contributed by atoms with Crippen LogP contribution in [0.2, 0.25) is 0 Å². The molecule has 1 aromatic heterocycles. The third-order valence-electron chi connectivity index (χ3n) is 2.36. The van der Waals surface area contributed by atoms with E-state index in [0.717, 1.165) is 12.2 Å². The highest BCUT2D eigenvalue weighted by molar-refractivity contribution is 7.99. The molecule has 0 aliphatic carbocycles. The van der Waals surface area contributed by atoms with Gasteiger partial charge in [-0.2, -0.15) is 4.98 Å². The zero-order chi connectivity index (χ0) is 12.8. The smallest absolute Gasteiger partial charge is 0.319 e. The minimum absolute atomic E-state index is 0.0303. The topological polar surface area (TPSA) is 81.0 Å². The van der Waals surface area contributed by atoms with Gasteiger partial charge in [0, 0.05) is 12.8 Å². The summed E-state index contributed by atoms with van der Waals surface area (Å²) in [5.74, 6) is 1.73. The predicted octanol–water partition coefficient (Wildman–Crippen LogP) is 2.56. The molecule has 0 aromatic carbocycles. The molecule has 0 amide bonds. The molecule has 1 atom stereocenters. The molecule has 7 heteroatoms. The first-order chi connectivity index (χ1) is 8.08. The van der Waals surface area contributed by atoms with Crippen molar-refractivity contribution in [2.24, 2.45) is 5.92 Å². The summed E-state index contributed by atoms with van der Waals surface area (Å²) in [7, 11) is 1.68. The SMILES string of the molecule is CCC(C)CSc1nc(NC)ncc1[N+](=O)[O-]. The van der Waals surface area contributed by atoms with Gasteiger partial charge in [0.05, 0.1) is 4.92 Å². The van der Waals surface area contributed by atoms with Crippen molar-refractivity contribution < 1.29 is 4.92 Å². The highest BCUT2D eigenvalue weighted by Gasteiger charge is 2.18. The van der Waals surface area contributed by atoms with Gasteiger partial charge in [0.15, 0.2) is 5.03 Å². The molecule has 1 heterocycles. The van der Waals surface area contributed by atoms with Crippen LogP contribution >= 0.6 is 11.8 Å². The van der Waals surface area contributed by atoms with Crippen molar-refractivity contribution in [2.45, 2.75) is 25.3 Å². The van der Waals surface area contributed by atoms with Gasteiger partial charge < -0.3 is 5.32 Å². The number of thioether (sulfide) groups is 1. The van der Waals surface area contributed by atoms with Crippen LogP contribution in [0, 0.1) is 16.0 Å². The zero-order valence-electron chi connectivity index (χ0n) is 10.1. The zero-order valence-corrected chi connectivity index (χ0v) is 11.0. The third-order valence-corrected chi connectivity index (χ3v) is 3.67. The van der Waals surface area contributed by atoms with Gasteiger partial charge in [0.2, 0.25) is 5.95 Å². The van der Waals surface area contributed by atoms with Crippen molar-refractivity contribution in [3.05, 3.63) is 16.3 Å². The average Bonchev–Trinajstić information content (AvgIpc) is 2.35. The van der Waals surface area contributed by atoms with E-state index >= 15 is 0 Å². The van der Waals surface area contributed by atoms with E-state index < -0.39 is 4.92 Å². The van der Waals surface area contributed by atoms with Crippen LogP contribution in [0.5, 0.6) is 0 Å². The Morgan fingerprint density at radius 3 is 2.88 bits per heavy atom. The average molecular weight is 256 g/mol. The summed E-state index contributed by atoms with van der Waals surface area (Å²) in [5, 5.41) is 14.0. The summed E-state index contributed by atoms with van der Waals surface area (Å²) in [6, 6.07) is 0. The molecule has 6 nitrogen and oxygen atoms in total. The van der Waals surface area contributed by atoms with Gasteiger partial charge >= 0.3 is 5.69 Å². The van der Waals surface area contributed by atoms with E-state index in [9.17, 15) is 10.1 Å². The monoisotopic (exact) mass is 256 g/mol. The first-order valence-corrected chi connectivity index (χ1v) is 6.39. The van der Waals surface area contributed by atoms with Crippen LogP contribution < -0.4 is 5.32 Å². The Bertz CT molecular complexity index is 400. The first kappa shape index (κ1) is 13.7. The van der Waals surface area contributed by atoms with E-state index in [1.165, 1.54) is 18.0 Å². The number of aromatic nitrogens is 2. The molecule has 0 spiro atoms. The second kappa shape index (κ2) is 6.39. The Morgan fingerprint density at radius 2 is 2.35 bits per heavy atom. The second-order valence-electron chi connectivity index (χ2n) is 3.72. The Balaban J connectivity index is 2.89. The van der Waals surface area contributed by atoms with Gasteiger partial charge in [-0.05, 0) is 5.92 Å². The summed E-state index contributed by atoms with van der Waals surface area (Å²) >= 11 is 1.40. The van der Waals surface area contributed by atoms with Crippen molar-refractivity contribution in [3.8, 4) is 0 Å². The quantitative estimate of drug-likeness (QED) is 0.364. The van der Waals surface area contributed by atoms with Crippen molar-refractivity contribution in [1.82, 2.24) is 9.97 Å². The fraction of sp³-hybridized carbons (Fsp3) is 0.600. The largest absolute Gasteiger partial charge is 0.357 e. The molecule has 1 N–H and O–H groups in total. The van der Waals surface area contributed by atoms with Crippen molar-refractivity contribution in [2.75, 3.05) is 18.1 Å². The van der Waals surface area contributed by atoms with Gasteiger partial charge in [-0.15, -0.1) is 0 Å². The number of rotatable bonds is 6. The van der Waals surface area contributed by atoms with E-state index in [0.29, 0.717) is 16.9 Å². The minimum Gasteiger partial charge on any atom is -0.357 e. The molecule has 0 saturated carbocycles. The number of nitrogens with one attached hydrogen (secondary N) is 1. The minimum atomic E-state index is -0.446. The molecule has 94 valence electrons. The Morgan fingerprint density at radius 1 is 1.65 bits per heavy atom. The van der Waals surface area contributed by atoms with Crippen LogP contribution in [0.3, 0.4) is 0 Å². The maximum atomic E-state index is 10.8. The van der Waals surface area contributed by atoms with E-state index in [1.54, 1.807) is 7.05 Å². The number of nitrogens with zero attached hydrogens (tertiary/aromatic N) is 3. The van der Waals surface area contributed by atoms with Crippen LogP contribution in [-0.4, -0.2) is 27.7 Å². The van der Waals surface area contributed by atoms with Crippen LogP contribution in [0.1, 0.15) is 20.3 Å². The van der Waals surface area contributed by atoms with Crippen molar-refractivity contribution in [1.29, 1.82) is 0 Å². The van der Waals surface area contributed by atoms with Crippen molar-refractivity contribution >= 4 is 23.4 Å². The lowest BCUT2D eigenvalue weighted by Crippen LogP contribution is -2.03. The Labute approximate surface area is 104 Å². The molecule has 1 unspecified atom stereocenters.